The van der Waals surface area contributed by atoms with E-state index in [4.69, 9.17) is 8.83 Å². The van der Waals surface area contributed by atoms with E-state index in [1.807, 2.05) is 0 Å². The third-order valence-electron chi connectivity index (χ3n) is 4.61. The fourth-order valence-electron chi connectivity index (χ4n) is 3.16. The first kappa shape index (κ1) is 18.9. The van der Waals surface area contributed by atoms with Gasteiger partial charge < -0.3 is 13.7 Å². The van der Waals surface area contributed by atoms with Gasteiger partial charge in [0, 0.05) is 19.0 Å². The predicted octanol–water partition coefficient (Wildman–Crippen LogP) is 4.39. The van der Waals surface area contributed by atoms with Gasteiger partial charge in [0.25, 0.3) is 5.91 Å². The van der Waals surface area contributed by atoms with Crippen molar-refractivity contribution >= 4 is 16.9 Å². The molecule has 0 spiro atoms. The highest BCUT2D eigenvalue weighted by molar-refractivity contribution is 5.93. The zero-order valence-corrected chi connectivity index (χ0v) is 15.3. The summed E-state index contributed by atoms with van der Waals surface area (Å²) >= 11 is 0. The number of amides is 1. The van der Waals surface area contributed by atoms with Crippen LogP contribution in [-0.2, 0) is 6.54 Å². The summed E-state index contributed by atoms with van der Waals surface area (Å²) in [5.41, 5.74) is 0.380. The smallest absolute Gasteiger partial charge is 0.290 e. The molecule has 4 rings (SSSR count). The molecule has 0 aliphatic heterocycles. The van der Waals surface area contributed by atoms with E-state index >= 15 is 0 Å². The molecule has 0 bridgehead atoms. The first-order valence-electron chi connectivity index (χ1n) is 9.06. The van der Waals surface area contributed by atoms with Gasteiger partial charge in [-0.2, -0.15) is 0 Å². The Kier molecular flexibility index (Phi) is 5.12. The molecular weight excluding hydrogens is 380 g/mol. The Balaban J connectivity index is 1.67. The SMILES string of the molecule is O=C(c1cc(=O)c2cc(F)ccc2o1)N(CC1=CC[C@H](F)C=C1)Cc1ccco1. The number of halogens is 2. The zero-order valence-electron chi connectivity index (χ0n) is 15.3. The van der Waals surface area contributed by atoms with E-state index in [2.05, 4.69) is 0 Å². The van der Waals surface area contributed by atoms with Crippen molar-refractivity contribution in [3.8, 4) is 0 Å². The first-order chi connectivity index (χ1) is 14.0. The highest BCUT2D eigenvalue weighted by Crippen LogP contribution is 2.19. The van der Waals surface area contributed by atoms with Crippen LogP contribution in [0.1, 0.15) is 22.7 Å². The molecule has 0 N–H and O–H groups in total. The molecule has 2 heterocycles. The molecule has 5 nitrogen and oxygen atoms in total. The van der Waals surface area contributed by atoms with Crippen molar-refractivity contribution in [1.29, 1.82) is 0 Å². The second-order valence-electron chi connectivity index (χ2n) is 6.75. The third kappa shape index (κ3) is 4.18. The average molecular weight is 397 g/mol. The van der Waals surface area contributed by atoms with Gasteiger partial charge in [-0.05, 0) is 35.9 Å². The van der Waals surface area contributed by atoms with Crippen molar-refractivity contribution < 1.29 is 22.4 Å². The minimum absolute atomic E-state index is 0.0612. The van der Waals surface area contributed by atoms with Gasteiger partial charge in [-0.25, -0.2) is 8.78 Å². The number of carbonyl (C=O) groups excluding carboxylic acids is 1. The highest BCUT2D eigenvalue weighted by Gasteiger charge is 2.22. The molecule has 0 saturated heterocycles. The zero-order chi connectivity index (χ0) is 20.4. The van der Waals surface area contributed by atoms with Crippen molar-refractivity contribution in [3.63, 3.8) is 0 Å². The number of allylic oxidation sites excluding steroid dienone is 2. The maximum atomic E-state index is 13.4. The number of hydrogen-bond donors (Lipinski definition) is 0. The number of benzene rings is 1. The van der Waals surface area contributed by atoms with Crippen LogP contribution in [-0.4, -0.2) is 23.5 Å². The van der Waals surface area contributed by atoms with Gasteiger partial charge in [-0.1, -0.05) is 18.2 Å². The normalized spacial score (nSPS) is 16.1. The van der Waals surface area contributed by atoms with Gasteiger partial charge in [-0.15, -0.1) is 0 Å². The van der Waals surface area contributed by atoms with Crippen molar-refractivity contribution in [2.75, 3.05) is 6.54 Å². The maximum absolute atomic E-state index is 13.4. The molecule has 1 atom stereocenters. The fourth-order valence-corrected chi connectivity index (χ4v) is 3.16. The monoisotopic (exact) mass is 397 g/mol. The van der Waals surface area contributed by atoms with E-state index in [0.29, 0.717) is 5.76 Å². The lowest BCUT2D eigenvalue weighted by molar-refractivity contribution is 0.0717. The molecule has 29 heavy (non-hydrogen) atoms. The van der Waals surface area contributed by atoms with Crippen LogP contribution in [0.5, 0.6) is 0 Å². The summed E-state index contributed by atoms with van der Waals surface area (Å²) in [5, 5.41) is 0.0612. The fraction of sp³-hybridized carbons (Fsp3) is 0.182. The highest BCUT2D eigenvalue weighted by atomic mass is 19.1. The molecule has 1 aliphatic rings. The first-order valence-corrected chi connectivity index (χ1v) is 9.06. The van der Waals surface area contributed by atoms with Crippen LogP contribution in [0.4, 0.5) is 8.78 Å². The van der Waals surface area contributed by atoms with Gasteiger partial charge in [0.05, 0.1) is 18.2 Å². The lowest BCUT2D eigenvalue weighted by Crippen LogP contribution is -2.33. The maximum Gasteiger partial charge on any atom is 0.290 e. The summed E-state index contributed by atoms with van der Waals surface area (Å²) in [4.78, 5) is 26.9. The van der Waals surface area contributed by atoms with E-state index < -0.39 is 23.3 Å². The minimum Gasteiger partial charge on any atom is -0.467 e. The number of furan rings is 1. The second kappa shape index (κ2) is 7.87. The Morgan fingerprint density at radius 1 is 1.21 bits per heavy atom. The van der Waals surface area contributed by atoms with E-state index in [0.717, 1.165) is 23.8 Å². The molecular formula is C22H17F2NO4. The third-order valence-corrected chi connectivity index (χ3v) is 4.61. The molecule has 0 unspecified atom stereocenters. The van der Waals surface area contributed by atoms with Crippen LogP contribution in [0.15, 0.2) is 80.1 Å². The number of alkyl halides is 1. The average Bonchev–Trinajstić information content (AvgIpc) is 3.22. The van der Waals surface area contributed by atoms with E-state index in [1.54, 1.807) is 24.3 Å². The largest absolute Gasteiger partial charge is 0.467 e. The summed E-state index contributed by atoms with van der Waals surface area (Å²) in [7, 11) is 0. The van der Waals surface area contributed by atoms with Crippen molar-refractivity contribution in [2.45, 2.75) is 19.1 Å². The Labute approximate surface area is 164 Å². The van der Waals surface area contributed by atoms with Crippen molar-refractivity contribution in [2.24, 2.45) is 0 Å². The molecule has 148 valence electrons. The molecule has 0 saturated carbocycles. The molecule has 2 aromatic heterocycles. The molecule has 1 aliphatic carbocycles. The summed E-state index contributed by atoms with van der Waals surface area (Å²) < 4.78 is 37.7. The van der Waals surface area contributed by atoms with Crippen LogP contribution in [0, 0.1) is 5.82 Å². The van der Waals surface area contributed by atoms with Crippen molar-refractivity contribution in [3.05, 3.63) is 94.0 Å². The molecule has 1 amide bonds. The van der Waals surface area contributed by atoms with Crippen LogP contribution in [0.2, 0.25) is 0 Å². The van der Waals surface area contributed by atoms with E-state index in [1.165, 1.54) is 23.3 Å². The van der Waals surface area contributed by atoms with Crippen LogP contribution in [0.3, 0.4) is 0 Å². The number of nitrogens with zero attached hydrogens (tertiary/aromatic N) is 1. The lowest BCUT2D eigenvalue weighted by Gasteiger charge is -2.23. The van der Waals surface area contributed by atoms with Crippen molar-refractivity contribution in [1.82, 2.24) is 4.90 Å². The van der Waals surface area contributed by atoms with E-state index in [9.17, 15) is 18.4 Å². The van der Waals surface area contributed by atoms with Crippen LogP contribution >= 0.6 is 0 Å². The Morgan fingerprint density at radius 3 is 2.79 bits per heavy atom. The van der Waals surface area contributed by atoms with E-state index in [-0.39, 0.29) is 36.2 Å². The molecule has 0 radical (unpaired) electrons. The molecule has 3 aromatic rings. The van der Waals surface area contributed by atoms with Gasteiger partial charge >= 0.3 is 0 Å². The lowest BCUT2D eigenvalue weighted by atomic mass is 10.1. The van der Waals surface area contributed by atoms with Gasteiger partial charge in [0.15, 0.2) is 11.2 Å². The summed E-state index contributed by atoms with van der Waals surface area (Å²) in [6.07, 6.45) is 5.51. The topological polar surface area (TPSA) is 63.7 Å². The van der Waals surface area contributed by atoms with Gasteiger partial charge in [0.2, 0.25) is 0 Å². The standard InChI is InChI=1S/C22H17F2NO4/c23-15-5-3-14(4-6-15)12-25(13-17-2-1-9-28-17)22(27)21-11-19(26)18-10-16(24)7-8-20(18)29-21/h1-5,7-11,15H,6,12-13H2/t15-/m1/s1. The molecule has 7 heteroatoms. The summed E-state index contributed by atoms with van der Waals surface area (Å²) in [6, 6.07) is 8.03. The Hall–Kier alpha value is -3.48. The van der Waals surface area contributed by atoms with Gasteiger partial charge in [0.1, 0.15) is 23.3 Å². The minimum atomic E-state index is -1.04. The number of hydrogen-bond acceptors (Lipinski definition) is 4. The quantitative estimate of drug-likeness (QED) is 0.641. The van der Waals surface area contributed by atoms with Gasteiger partial charge in [-0.3, -0.25) is 9.59 Å². The summed E-state index contributed by atoms with van der Waals surface area (Å²) in [6.45, 7) is 0.329. The molecule has 0 fully saturated rings. The number of rotatable bonds is 5. The van der Waals surface area contributed by atoms with Crippen LogP contribution < -0.4 is 5.43 Å². The summed E-state index contributed by atoms with van der Waals surface area (Å²) in [5.74, 6) is -0.705. The molecule has 1 aromatic carbocycles. The number of fused-ring (bicyclic) bond motifs is 1. The predicted molar refractivity (Wildman–Crippen MR) is 103 cm³/mol. The Bertz CT molecular complexity index is 1160. The van der Waals surface area contributed by atoms with Crippen LogP contribution in [0.25, 0.3) is 11.0 Å². The number of carbonyl (C=O) groups is 1. The Morgan fingerprint density at radius 2 is 2.07 bits per heavy atom. The second-order valence-corrected chi connectivity index (χ2v) is 6.75.